The quantitative estimate of drug-likeness (QED) is 0.555. The highest BCUT2D eigenvalue weighted by molar-refractivity contribution is 6.02. The second-order valence-electron chi connectivity index (χ2n) is 6.27. The third kappa shape index (κ3) is 6.14. The van der Waals surface area contributed by atoms with Gasteiger partial charge in [0.05, 0.1) is 14.2 Å². The van der Waals surface area contributed by atoms with Crippen molar-refractivity contribution in [1.29, 1.82) is 0 Å². The molecule has 0 aliphatic carbocycles. The first-order chi connectivity index (χ1) is 14.2. The van der Waals surface area contributed by atoms with E-state index in [1.165, 1.54) is 6.08 Å². The van der Waals surface area contributed by atoms with Gasteiger partial charge in [0.15, 0.2) is 0 Å². The number of methoxy groups -OCH3 is 2. The minimum Gasteiger partial charge on any atom is -0.497 e. The van der Waals surface area contributed by atoms with Crippen LogP contribution in [0.5, 0.6) is 17.2 Å². The number of ether oxygens (including phenoxy) is 3. The second-order valence-corrected chi connectivity index (χ2v) is 6.27. The summed E-state index contributed by atoms with van der Waals surface area (Å²) < 4.78 is 16.2. The lowest BCUT2D eigenvalue weighted by molar-refractivity contribution is -0.111. The normalized spacial score (nSPS) is 10.6. The van der Waals surface area contributed by atoms with Crippen LogP contribution >= 0.6 is 0 Å². The molecule has 0 saturated heterocycles. The van der Waals surface area contributed by atoms with E-state index >= 15 is 0 Å². The lowest BCUT2D eigenvalue weighted by Gasteiger charge is -2.08. The SMILES string of the molecule is COc1cc(NC(=O)/C=C/c2ccc(OCc3ccccc3)cc2)cc(OC)c1. The van der Waals surface area contributed by atoms with E-state index in [-0.39, 0.29) is 5.91 Å². The van der Waals surface area contributed by atoms with Crippen molar-refractivity contribution in [2.45, 2.75) is 6.61 Å². The molecule has 29 heavy (non-hydrogen) atoms. The van der Waals surface area contributed by atoms with E-state index in [4.69, 9.17) is 14.2 Å². The molecule has 3 aromatic rings. The molecule has 0 aromatic heterocycles. The maximum absolute atomic E-state index is 12.2. The molecule has 5 heteroatoms. The molecule has 1 amide bonds. The Morgan fingerprint density at radius 1 is 0.862 bits per heavy atom. The molecule has 0 atom stereocenters. The van der Waals surface area contributed by atoms with Crippen molar-refractivity contribution in [3.8, 4) is 17.2 Å². The zero-order chi connectivity index (χ0) is 20.5. The van der Waals surface area contributed by atoms with Crippen LogP contribution in [0.4, 0.5) is 5.69 Å². The Morgan fingerprint density at radius 3 is 2.14 bits per heavy atom. The first-order valence-corrected chi connectivity index (χ1v) is 9.15. The lowest BCUT2D eigenvalue weighted by atomic mass is 10.2. The average Bonchev–Trinajstić information content (AvgIpc) is 2.77. The van der Waals surface area contributed by atoms with Gasteiger partial charge in [0.2, 0.25) is 5.91 Å². The number of amides is 1. The monoisotopic (exact) mass is 389 g/mol. The van der Waals surface area contributed by atoms with Crippen molar-refractivity contribution in [2.24, 2.45) is 0 Å². The Balaban J connectivity index is 1.56. The molecule has 148 valence electrons. The second kappa shape index (κ2) is 9.99. The van der Waals surface area contributed by atoms with Crippen LogP contribution < -0.4 is 19.5 Å². The van der Waals surface area contributed by atoms with Crippen LogP contribution in [0.1, 0.15) is 11.1 Å². The molecular weight excluding hydrogens is 366 g/mol. The maximum Gasteiger partial charge on any atom is 0.248 e. The van der Waals surface area contributed by atoms with Gasteiger partial charge < -0.3 is 19.5 Å². The number of benzene rings is 3. The van der Waals surface area contributed by atoms with Gasteiger partial charge in [-0.3, -0.25) is 4.79 Å². The summed E-state index contributed by atoms with van der Waals surface area (Å²) in [5, 5.41) is 2.80. The third-order valence-electron chi connectivity index (χ3n) is 4.17. The van der Waals surface area contributed by atoms with Gasteiger partial charge >= 0.3 is 0 Å². The molecule has 3 rings (SSSR count). The van der Waals surface area contributed by atoms with Crippen molar-refractivity contribution in [1.82, 2.24) is 0 Å². The van der Waals surface area contributed by atoms with Gasteiger partial charge in [0.1, 0.15) is 23.9 Å². The Morgan fingerprint density at radius 2 is 1.52 bits per heavy atom. The van der Waals surface area contributed by atoms with E-state index < -0.39 is 0 Å². The number of nitrogens with one attached hydrogen (secondary N) is 1. The van der Waals surface area contributed by atoms with Gasteiger partial charge in [-0.1, -0.05) is 42.5 Å². The van der Waals surface area contributed by atoms with E-state index in [0.29, 0.717) is 23.8 Å². The van der Waals surface area contributed by atoms with Crippen molar-refractivity contribution < 1.29 is 19.0 Å². The highest BCUT2D eigenvalue weighted by atomic mass is 16.5. The summed E-state index contributed by atoms with van der Waals surface area (Å²) in [6, 6.07) is 22.8. The summed E-state index contributed by atoms with van der Waals surface area (Å²) >= 11 is 0. The molecule has 5 nitrogen and oxygen atoms in total. The van der Waals surface area contributed by atoms with Crippen LogP contribution in [0.2, 0.25) is 0 Å². The predicted molar refractivity (Wildman–Crippen MR) is 114 cm³/mol. The molecule has 0 unspecified atom stereocenters. The van der Waals surface area contributed by atoms with E-state index in [9.17, 15) is 4.79 Å². The minimum absolute atomic E-state index is 0.246. The summed E-state index contributed by atoms with van der Waals surface area (Å²) in [5.41, 5.74) is 2.61. The Hall–Kier alpha value is -3.73. The van der Waals surface area contributed by atoms with Crippen molar-refractivity contribution in [3.05, 3.63) is 90.0 Å². The number of hydrogen-bond acceptors (Lipinski definition) is 4. The third-order valence-corrected chi connectivity index (χ3v) is 4.17. The van der Waals surface area contributed by atoms with Crippen LogP contribution in [0.15, 0.2) is 78.9 Å². The fraction of sp³-hybridized carbons (Fsp3) is 0.125. The molecule has 3 aromatic carbocycles. The Kier molecular flexibility index (Phi) is 6.90. The van der Waals surface area contributed by atoms with Crippen molar-refractivity contribution >= 4 is 17.7 Å². The van der Waals surface area contributed by atoms with E-state index in [1.54, 1.807) is 38.5 Å². The summed E-state index contributed by atoms with van der Waals surface area (Å²) in [4.78, 5) is 12.2. The number of anilines is 1. The summed E-state index contributed by atoms with van der Waals surface area (Å²) in [5.74, 6) is 1.74. The highest BCUT2D eigenvalue weighted by Crippen LogP contribution is 2.25. The fourth-order valence-electron chi connectivity index (χ4n) is 2.65. The molecule has 0 aliphatic rings. The Bertz CT molecular complexity index is 944. The van der Waals surface area contributed by atoms with Gasteiger partial charge in [-0.05, 0) is 29.3 Å². The molecule has 0 bridgehead atoms. The Labute approximate surface area is 170 Å². The standard InChI is InChI=1S/C24H23NO4/c1-27-22-14-20(15-23(16-22)28-2)25-24(26)13-10-18-8-11-21(12-9-18)29-17-19-6-4-3-5-7-19/h3-16H,17H2,1-2H3,(H,25,26)/b13-10+. The zero-order valence-corrected chi connectivity index (χ0v) is 16.4. The first kappa shape index (κ1) is 20.0. The molecule has 0 saturated carbocycles. The number of hydrogen-bond donors (Lipinski definition) is 1. The molecule has 0 spiro atoms. The first-order valence-electron chi connectivity index (χ1n) is 9.15. The van der Waals surface area contributed by atoms with Crippen LogP contribution in [0.3, 0.4) is 0 Å². The van der Waals surface area contributed by atoms with Crippen molar-refractivity contribution in [3.63, 3.8) is 0 Å². The maximum atomic E-state index is 12.2. The lowest BCUT2D eigenvalue weighted by Crippen LogP contribution is -2.08. The fourth-order valence-corrected chi connectivity index (χ4v) is 2.65. The van der Waals surface area contributed by atoms with Crippen LogP contribution in [-0.2, 0) is 11.4 Å². The van der Waals surface area contributed by atoms with Gasteiger partial charge in [-0.25, -0.2) is 0 Å². The van der Waals surface area contributed by atoms with E-state index in [1.807, 2.05) is 54.6 Å². The van der Waals surface area contributed by atoms with Gasteiger partial charge in [-0.2, -0.15) is 0 Å². The topological polar surface area (TPSA) is 56.8 Å². The van der Waals surface area contributed by atoms with Gasteiger partial charge in [0.25, 0.3) is 0 Å². The number of carbonyl (C=O) groups excluding carboxylic acids is 1. The van der Waals surface area contributed by atoms with E-state index in [0.717, 1.165) is 16.9 Å². The minimum atomic E-state index is -0.246. The highest BCUT2D eigenvalue weighted by Gasteiger charge is 2.04. The molecule has 0 radical (unpaired) electrons. The summed E-state index contributed by atoms with van der Waals surface area (Å²) in [7, 11) is 3.13. The number of rotatable bonds is 8. The van der Waals surface area contributed by atoms with E-state index in [2.05, 4.69) is 5.32 Å². The predicted octanol–water partition coefficient (Wildman–Crippen LogP) is 4.93. The summed E-state index contributed by atoms with van der Waals surface area (Å²) in [6.07, 6.45) is 3.22. The van der Waals surface area contributed by atoms with Gasteiger partial charge in [0, 0.05) is 30.0 Å². The molecule has 0 heterocycles. The van der Waals surface area contributed by atoms with Gasteiger partial charge in [-0.15, -0.1) is 0 Å². The summed E-state index contributed by atoms with van der Waals surface area (Å²) in [6.45, 7) is 0.516. The molecule has 0 fully saturated rings. The van der Waals surface area contributed by atoms with Crippen LogP contribution in [-0.4, -0.2) is 20.1 Å². The molecular formula is C24H23NO4. The van der Waals surface area contributed by atoms with Crippen molar-refractivity contribution in [2.75, 3.05) is 19.5 Å². The van der Waals surface area contributed by atoms with Crippen LogP contribution in [0, 0.1) is 0 Å². The smallest absolute Gasteiger partial charge is 0.248 e. The molecule has 1 N–H and O–H groups in total. The molecule has 0 aliphatic heterocycles. The zero-order valence-electron chi connectivity index (χ0n) is 16.4. The number of carbonyl (C=O) groups is 1. The largest absolute Gasteiger partial charge is 0.497 e. The average molecular weight is 389 g/mol. The van der Waals surface area contributed by atoms with Crippen LogP contribution in [0.25, 0.3) is 6.08 Å².